The topological polar surface area (TPSA) is 67.9 Å². The molecule has 1 N–H and O–H groups in total. The first-order valence-electron chi connectivity index (χ1n) is 7.75. The van der Waals surface area contributed by atoms with E-state index in [1.165, 1.54) is 0 Å². The average Bonchev–Trinajstić information content (AvgIpc) is 2.93. The fourth-order valence-corrected chi connectivity index (χ4v) is 2.72. The summed E-state index contributed by atoms with van der Waals surface area (Å²) in [7, 11) is 3.09. The molecular weight excluding hydrogens is 296 g/mol. The van der Waals surface area contributed by atoms with Gasteiger partial charge in [-0.1, -0.05) is 0 Å². The number of likely N-dealkylation sites (tertiary alicyclic amines) is 1. The lowest BCUT2D eigenvalue weighted by atomic mass is 10.1. The van der Waals surface area contributed by atoms with Crippen LogP contribution in [-0.2, 0) is 4.79 Å². The summed E-state index contributed by atoms with van der Waals surface area (Å²) in [6, 6.07) is 5.24. The summed E-state index contributed by atoms with van der Waals surface area (Å²) in [4.78, 5) is 26.1. The van der Waals surface area contributed by atoms with E-state index in [9.17, 15) is 9.59 Å². The Hall–Kier alpha value is -2.24. The number of methoxy groups -OCH3 is 2. The normalized spacial score (nSPS) is 17.5. The second-order valence-electron chi connectivity index (χ2n) is 6.02. The first-order valence-corrected chi connectivity index (χ1v) is 7.75. The second-order valence-corrected chi connectivity index (χ2v) is 6.02. The Balaban J connectivity index is 1.96. The van der Waals surface area contributed by atoms with Gasteiger partial charge in [0.1, 0.15) is 11.5 Å². The van der Waals surface area contributed by atoms with Crippen molar-refractivity contribution in [1.82, 2.24) is 10.2 Å². The number of ether oxygens (including phenoxy) is 2. The van der Waals surface area contributed by atoms with Crippen molar-refractivity contribution in [3.63, 3.8) is 0 Å². The zero-order valence-corrected chi connectivity index (χ0v) is 14.1. The molecule has 1 unspecified atom stereocenters. The Morgan fingerprint density at radius 3 is 2.35 bits per heavy atom. The van der Waals surface area contributed by atoms with Crippen LogP contribution >= 0.6 is 0 Å². The van der Waals surface area contributed by atoms with Crippen LogP contribution in [0.3, 0.4) is 0 Å². The van der Waals surface area contributed by atoms with E-state index in [0.29, 0.717) is 36.6 Å². The van der Waals surface area contributed by atoms with Gasteiger partial charge in [0.15, 0.2) is 0 Å². The van der Waals surface area contributed by atoms with E-state index < -0.39 is 0 Å². The van der Waals surface area contributed by atoms with E-state index in [1.54, 1.807) is 32.4 Å². The lowest BCUT2D eigenvalue weighted by Crippen LogP contribution is -2.34. The Bertz CT molecular complexity index is 564. The number of rotatable bonds is 6. The van der Waals surface area contributed by atoms with Gasteiger partial charge in [0.25, 0.3) is 5.91 Å². The molecule has 0 aliphatic carbocycles. The number of carbonyl (C=O) groups excluding carboxylic acids is 2. The highest BCUT2D eigenvalue weighted by Gasteiger charge is 2.31. The van der Waals surface area contributed by atoms with E-state index in [0.717, 1.165) is 0 Å². The van der Waals surface area contributed by atoms with Gasteiger partial charge in [-0.15, -0.1) is 0 Å². The number of hydrogen-bond donors (Lipinski definition) is 1. The maximum absolute atomic E-state index is 12.3. The maximum atomic E-state index is 12.3. The van der Waals surface area contributed by atoms with Crippen molar-refractivity contribution in [1.29, 1.82) is 0 Å². The molecule has 6 nitrogen and oxygen atoms in total. The van der Waals surface area contributed by atoms with Crippen molar-refractivity contribution in [2.75, 3.05) is 27.3 Å². The van der Waals surface area contributed by atoms with E-state index in [-0.39, 0.29) is 23.8 Å². The summed E-state index contributed by atoms with van der Waals surface area (Å²) in [5.74, 6) is 1.24. The van der Waals surface area contributed by atoms with Crippen molar-refractivity contribution in [3.05, 3.63) is 23.8 Å². The average molecular weight is 320 g/mol. The quantitative estimate of drug-likeness (QED) is 0.866. The van der Waals surface area contributed by atoms with Gasteiger partial charge in [-0.3, -0.25) is 9.59 Å². The van der Waals surface area contributed by atoms with Crippen molar-refractivity contribution in [2.24, 2.45) is 5.92 Å². The number of amides is 2. The van der Waals surface area contributed by atoms with Crippen LogP contribution in [0.2, 0.25) is 0 Å². The molecule has 0 bridgehead atoms. The second kappa shape index (κ2) is 7.35. The van der Waals surface area contributed by atoms with Crippen LogP contribution in [0.15, 0.2) is 18.2 Å². The molecule has 2 rings (SSSR count). The van der Waals surface area contributed by atoms with Crippen LogP contribution in [0.5, 0.6) is 11.5 Å². The molecular formula is C17H24N2O4. The van der Waals surface area contributed by atoms with Crippen molar-refractivity contribution in [3.8, 4) is 11.5 Å². The third-order valence-electron chi connectivity index (χ3n) is 4.03. The van der Waals surface area contributed by atoms with E-state index in [4.69, 9.17) is 9.47 Å². The molecule has 0 spiro atoms. The zero-order chi connectivity index (χ0) is 17.0. The molecule has 1 heterocycles. The van der Waals surface area contributed by atoms with Gasteiger partial charge in [0.05, 0.1) is 14.2 Å². The molecule has 0 aromatic heterocycles. The minimum absolute atomic E-state index is 0.154. The number of carbonyl (C=O) groups is 2. The molecule has 2 amide bonds. The fourth-order valence-electron chi connectivity index (χ4n) is 2.72. The van der Waals surface area contributed by atoms with Crippen molar-refractivity contribution < 1.29 is 19.1 Å². The highest BCUT2D eigenvalue weighted by Crippen LogP contribution is 2.23. The molecule has 0 saturated carbocycles. The minimum atomic E-state index is -0.197. The number of nitrogens with zero attached hydrogens (tertiary/aromatic N) is 1. The summed E-state index contributed by atoms with van der Waals surface area (Å²) in [5, 5.41) is 2.89. The van der Waals surface area contributed by atoms with Gasteiger partial charge in [0, 0.05) is 43.1 Å². The summed E-state index contributed by atoms with van der Waals surface area (Å²) < 4.78 is 10.3. The van der Waals surface area contributed by atoms with Crippen LogP contribution in [0.4, 0.5) is 0 Å². The summed E-state index contributed by atoms with van der Waals surface area (Å²) in [6.07, 6.45) is 0.486. The molecule has 1 aromatic rings. The van der Waals surface area contributed by atoms with Gasteiger partial charge in [-0.05, 0) is 26.0 Å². The summed E-state index contributed by atoms with van der Waals surface area (Å²) >= 11 is 0. The lowest BCUT2D eigenvalue weighted by Gasteiger charge is -2.21. The molecule has 1 atom stereocenters. The standard InChI is InChI=1S/C17H24N2O4/c1-11(2)19-10-12(5-16(19)20)9-18-17(21)13-6-14(22-3)8-15(7-13)23-4/h6-8,11-12H,5,9-10H2,1-4H3,(H,18,21). The molecule has 23 heavy (non-hydrogen) atoms. The lowest BCUT2D eigenvalue weighted by molar-refractivity contribution is -0.129. The predicted molar refractivity (Wildman–Crippen MR) is 86.8 cm³/mol. The number of nitrogens with one attached hydrogen (secondary N) is 1. The number of hydrogen-bond acceptors (Lipinski definition) is 4. The zero-order valence-electron chi connectivity index (χ0n) is 14.1. The van der Waals surface area contributed by atoms with E-state index in [1.807, 2.05) is 18.7 Å². The molecule has 6 heteroatoms. The third kappa shape index (κ3) is 4.15. The van der Waals surface area contributed by atoms with Gasteiger partial charge in [0.2, 0.25) is 5.91 Å². The smallest absolute Gasteiger partial charge is 0.251 e. The molecule has 1 saturated heterocycles. The molecule has 1 aliphatic heterocycles. The van der Waals surface area contributed by atoms with Crippen molar-refractivity contribution in [2.45, 2.75) is 26.3 Å². The van der Waals surface area contributed by atoms with Crippen LogP contribution in [0.1, 0.15) is 30.6 Å². The fraction of sp³-hybridized carbons (Fsp3) is 0.529. The van der Waals surface area contributed by atoms with Gasteiger partial charge < -0.3 is 19.7 Å². The van der Waals surface area contributed by atoms with Gasteiger partial charge >= 0.3 is 0 Å². The Morgan fingerprint density at radius 2 is 1.87 bits per heavy atom. The predicted octanol–water partition coefficient (Wildman–Crippen LogP) is 1.69. The Kier molecular flexibility index (Phi) is 5.47. The maximum Gasteiger partial charge on any atom is 0.251 e. The third-order valence-corrected chi connectivity index (χ3v) is 4.03. The minimum Gasteiger partial charge on any atom is -0.497 e. The van der Waals surface area contributed by atoms with Gasteiger partial charge in [-0.25, -0.2) is 0 Å². The van der Waals surface area contributed by atoms with E-state index >= 15 is 0 Å². The van der Waals surface area contributed by atoms with Crippen LogP contribution in [0, 0.1) is 5.92 Å². The SMILES string of the molecule is COc1cc(OC)cc(C(=O)NCC2CC(=O)N(C(C)C)C2)c1. The number of benzene rings is 1. The van der Waals surface area contributed by atoms with E-state index in [2.05, 4.69) is 5.32 Å². The Morgan fingerprint density at radius 1 is 1.26 bits per heavy atom. The molecule has 126 valence electrons. The van der Waals surface area contributed by atoms with Crippen LogP contribution in [-0.4, -0.2) is 50.1 Å². The van der Waals surface area contributed by atoms with Gasteiger partial charge in [-0.2, -0.15) is 0 Å². The molecule has 1 aliphatic rings. The first-order chi connectivity index (χ1) is 10.9. The summed E-state index contributed by atoms with van der Waals surface area (Å²) in [6.45, 7) is 5.17. The van der Waals surface area contributed by atoms with Crippen LogP contribution in [0.25, 0.3) is 0 Å². The summed E-state index contributed by atoms with van der Waals surface area (Å²) in [5.41, 5.74) is 0.478. The molecule has 1 aromatic carbocycles. The first kappa shape index (κ1) is 17.1. The highest BCUT2D eigenvalue weighted by atomic mass is 16.5. The Labute approximate surface area is 136 Å². The highest BCUT2D eigenvalue weighted by molar-refractivity contribution is 5.95. The molecule has 0 radical (unpaired) electrons. The monoisotopic (exact) mass is 320 g/mol. The molecule has 1 fully saturated rings. The largest absolute Gasteiger partial charge is 0.497 e. The van der Waals surface area contributed by atoms with Crippen molar-refractivity contribution >= 4 is 11.8 Å². The van der Waals surface area contributed by atoms with Crippen LogP contribution < -0.4 is 14.8 Å².